The van der Waals surface area contributed by atoms with Crippen molar-refractivity contribution in [2.75, 3.05) is 28.8 Å². The van der Waals surface area contributed by atoms with E-state index in [9.17, 15) is 17.6 Å². The highest BCUT2D eigenvalue weighted by molar-refractivity contribution is 7.91. The Morgan fingerprint density at radius 3 is 2.73 bits per heavy atom. The number of anilines is 2. The van der Waals surface area contributed by atoms with Crippen LogP contribution in [0.25, 0.3) is 0 Å². The van der Waals surface area contributed by atoms with E-state index in [0.717, 1.165) is 0 Å². The van der Waals surface area contributed by atoms with Crippen LogP contribution >= 0.6 is 0 Å². The molecule has 3 rings (SSSR count). The van der Waals surface area contributed by atoms with Gasteiger partial charge in [0.05, 0.1) is 11.5 Å². The van der Waals surface area contributed by atoms with E-state index in [1.165, 1.54) is 24.3 Å². The monoisotopic (exact) mass is 378 g/mol. The summed E-state index contributed by atoms with van der Waals surface area (Å²) in [6.45, 7) is 1.65. The Kier molecular flexibility index (Phi) is 4.90. The minimum Gasteiger partial charge on any atom is -0.356 e. The van der Waals surface area contributed by atoms with Gasteiger partial charge >= 0.3 is 0 Å². The Balaban J connectivity index is 1.82. The first-order valence-corrected chi connectivity index (χ1v) is 9.91. The number of benzene rings is 1. The average Bonchev–Trinajstić information content (AvgIpc) is 2.93. The van der Waals surface area contributed by atoms with Gasteiger partial charge in [0, 0.05) is 24.8 Å². The predicted octanol–water partition coefficient (Wildman–Crippen LogP) is 1.80. The quantitative estimate of drug-likeness (QED) is 0.872. The third-order valence-electron chi connectivity index (χ3n) is 4.26. The normalized spacial score (nSPS) is 18.5. The lowest BCUT2D eigenvalue weighted by Crippen LogP contribution is -2.33. The van der Waals surface area contributed by atoms with Gasteiger partial charge in [-0.1, -0.05) is 6.07 Å². The Hall–Kier alpha value is -2.55. The Morgan fingerprint density at radius 1 is 1.31 bits per heavy atom. The van der Waals surface area contributed by atoms with Gasteiger partial charge in [0.15, 0.2) is 9.84 Å². The summed E-state index contributed by atoms with van der Waals surface area (Å²) in [7, 11) is -1.28. The Morgan fingerprint density at radius 2 is 2.08 bits per heavy atom. The number of sulfone groups is 1. The summed E-state index contributed by atoms with van der Waals surface area (Å²) >= 11 is 0. The molecule has 2 heterocycles. The van der Waals surface area contributed by atoms with Crippen molar-refractivity contribution >= 4 is 27.2 Å². The molecule has 7 nitrogen and oxygen atoms in total. The molecule has 0 spiro atoms. The lowest BCUT2D eigenvalue weighted by Gasteiger charge is -2.25. The number of hydrogen-bond acceptors (Lipinski definition) is 6. The molecule has 138 valence electrons. The van der Waals surface area contributed by atoms with Gasteiger partial charge in [-0.15, -0.1) is 0 Å². The Bertz CT molecular complexity index is 949. The van der Waals surface area contributed by atoms with Crippen molar-refractivity contribution in [1.82, 2.24) is 9.97 Å². The second kappa shape index (κ2) is 6.99. The van der Waals surface area contributed by atoms with Gasteiger partial charge in [-0.25, -0.2) is 22.8 Å². The van der Waals surface area contributed by atoms with Gasteiger partial charge in [-0.2, -0.15) is 0 Å². The maximum Gasteiger partial charge on any atom is 0.274 e. The van der Waals surface area contributed by atoms with E-state index in [2.05, 4.69) is 15.3 Å². The molecule has 1 unspecified atom stereocenters. The minimum absolute atomic E-state index is 0.0668. The lowest BCUT2D eigenvalue weighted by molar-refractivity contribution is 0.102. The summed E-state index contributed by atoms with van der Waals surface area (Å²) in [5.41, 5.74) is 0.451. The summed E-state index contributed by atoms with van der Waals surface area (Å²) in [4.78, 5) is 22.6. The van der Waals surface area contributed by atoms with Crippen LogP contribution in [0.1, 0.15) is 22.7 Å². The van der Waals surface area contributed by atoms with Crippen LogP contribution in [0.4, 0.5) is 15.9 Å². The first-order chi connectivity index (χ1) is 12.2. The van der Waals surface area contributed by atoms with E-state index in [1.807, 2.05) is 0 Å². The first kappa shape index (κ1) is 18.2. The molecule has 1 amide bonds. The van der Waals surface area contributed by atoms with Gasteiger partial charge < -0.3 is 10.2 Å². The summed E-state index contributed by atoms with van der Waals surface area (Å²) < 4.78 is 36.6. The van der Waals surface area contributed by atoms with E-state index in [0.29, 0.717) is 23.8 Å². The topological polar surface area (TPSA) is 92.3 Å². The van der Waals surface area contributed by atoms with Crippen molar-refractivity contribution in [3.63, 3.8) is 0 Å². The summed E-state index contributed by atoms with van der Waals surface area (Å²) in [6, 6.07) is 6.89. The molecule has 1 aliphatic rings. The number of nitrogens with zero attached hydrogens (tertiary/aromatic N) is 3. The number of carbonyl (C=O) groups excluding carboxylic acids is 1. The second-order valence-electron chi connectivity index (χ2n) is 6.29. The molecule has 2 aromatic rings. The zero-order valence-corrected chi connectivity index (χ0v) is 15.3. The maximum atomic E-state index is 13.3. The number of aromatic nitrogens is 2. The van der Waals surface area contributed by atoms with Gasteiger partial charge in [0.1, 0.15) is 23.2 Å². The molecule has 1 aromatic carbocycles. The lowest BCUT2D eigenvalue weighted by atomic mass is 10.2. The van der Waals surface area contributed by atoms with Crippen LogP contribution in [0.5, 0.6) is 0 Å². The van der Waals surface area contributed by atoms with Crippen molar-refractivity contribution in [3.8, 4) is 0 Å². The minimum atomic E-state index is -3.03. The van der Waals surface area contributed by atoms with Gasteiger partial charge in [-0.3, -0.25) is 4.79 Å². The largest absolute Gasteiger partial charge is 0.356 e. The van der Waals surface area contributed by atoms with Gasteiger partial charge in [0.2, 0.25) is 0 Å². The molecule has 1 saturated heterocycles. The van der Waals surface area contributed by atoms with Crippen LogP contribution in [-0.2, 0) is 9.84 Å². The summed E-state index contributed by atoms with van der Waals surface area (Å²) in [6.07, 6.45) is 0.521. The standard InChI is InChI=1S/C17H19FN4O3S/c1-11-19-15(17(23)21-13-5-3-4-12(18)8-13)9-16(20-11)22(2)14-6-7-26(24,25)10-14/h3-5,8-9,14H,6-7,10H2,1-2H3,(H,21,23). The molecule has 1 N–H and O–H groups in total. The highest BCUT2D eigenvalue weighted by Gasteiger charge is 2.31. The number of rotatable bonds is 4. The van der Waals surface area contributed by atoms with Crippen molar-refractivity contribution in [2.45, 2.75) is 19.4 Å². The Labute approximate surface area is 151 Å². The number of nitrogens with one attached hydrogen (secondary N) is 1. The van der Waals surface area contributed by atoms with Crippen molar-refractivity contribution in [2.24, 2.45) is 0 Å². The zero-order chi connectivity index (χ0) is 18.9. The molecular weight excluding hydrogens is 359 g/mol. The molecule has 9 heteroatoms. The number of hydrogen-bond donors (Lipinski definition) is 1. The van der Waals surface area contributed by atoms with Crippen molar-refractivity contribution in [1.29, 1.82) is 0 Å². The molecule has 0 bridgehead atoms. The zero-order valence-electron chi connectivity index (χ0n) is 14.4. The van der Waals surface area contributed by atoms with Gasteiger partial charge in [0.25, 0.3) is 5.91 Å². The number of halogens is 1. The van der Waals surface area contributed by atoms with E-state index in [1.54, 1.807) is 24.9 Å². The molecule has 1 fully saturated rings. The first-order valence-electron chi connectivity index (χ1n) is 8.09. The van der Waals surface area contributed by atoms with E-state index < -0.39 is 21.6 Å². The molecular formula is C17H19FN4O3S. The predicted molar refractivity (Wildman–Crippen MR) is 96.6 cm³/mol. The number of amides is 1. The third kappa shape index (κ3) is 4.16. The fourth-order valence-electron chi connectivity index (χ4n) is 2.88. The molecule has 1 aromatic heterocycles. The van der Waals surface area contributed by atoms with Crippen LogP contribution in [0.2, 0.25) is 0 Å². The van der Waals surface area contributed by atoms with E-state index >= 15 is 0 Å². The summed E-state index contributed by atoms with van der Waals surface area (Å²) in [5.74, 6) is 0.138. The fraction of sp³-hybridized carbons (Fsp3) is 0.353. The molecule has 26 heavy (non-hydrogen) atoms. The number of carbonyl (C=O) groups is 1. The van der Waals surface area contributed by atoms with Crippen LogP contribution in [0.15, 0.2) is 30.3 Å². The van der Waals surface area contributed by atoms with Crippen molar-refractivity contribution < 1.29 is 17.6 Å². The van der Waals surface area contributed by atoms with Crippen LogP contribution in [0.3, 0.4) is 0 Å². The fourth-order valence-corrected chi connectivity index (χ4v) is 4.65. The van der Waals surface area contributed by atoms with Crippen molar-refractivity contribution in [3.05, 3.63) is 47.7 Å². The van der Waals surface area contributed by atoms with Crippen LogP contribution < -0.4 is 10.2 Å². The smallest absolute Gasteiger partial charge is 0.274 e. The van der Waals surface area contributed by atoms with Crippen LogP contribution in [-0.4, -0.2) is 48.9 Å². The third-order valence-corrected chi connectivity index (χ3v) is 6.01. The van der Waals surface area contributed by atoms with Crippen LogP contribution in [0, 0.1) is 12.7 Å². The van der Waals surface area contributed by atoms with Gasteiger partial charge in [-0.05, 0) is 31.5 Å². The SMILES string of the molecule is Cc1nc(C(=O)Nc2cccc(F)c2)cc(N(C)C2CCS(=O)(=O)C2)n1. The van der Waals surface area contributed by atoms with E-state index in [4.69, 9.17) is 0 Å². The molecule has 1 atom stereocenters. The molecule has 0 saturated carbocycles. The highest BCUT2D eigenvalue weighted by Crippen LogP contribution is 2.22. The molecule has 0 radical (unpaired) electrons. The summed E-state index contributed by atoms with van der Waals surface area (Å²) in [5, 5.41) is 2.59. The highest BCUT2D eigenvalue weighted by atomic mass is 32.2. The molecule has 1 aliphatic heterocycles. The maximum absolute atomic E-state index is 13.3. The number of aryl methyl sites for hydroxylation is 1. The average molecular weight is 378 g/mol. The second-order valence-corrected chi connectivity index (χ2v) is 8.52. The molecule has 0 aliphatic carbocycles. The van der Waals surface area contributed by atoms with E-state index in [-0.39, 0.29) is 23.2 Å².